The van der Waals surface area contributed by atoms with Crippen LogP contribution in [-0.2, 0) is 0 Å². The van der Waals surface area contributed by atoms with E-state index in [-0.39, 0.29) is 17.3 Å². The first-order valence-electron chi connectivity index (χ1n) is 7.94. The summed E-state index contributed by atoms with van der Waals surface area (Å²) in [5, 5.41) is 23.0. The van der Waals surface area contributed by atoms with Crippen LogP contribution in [0.3, 0.4) is 0 Å². The fourth-order valence-corrected chi connectivity index (χ4v) is 2.81. The first kappa shape index (κ1) is 16.4. The summed E-state index contributed by atoms with van der Waals surface area (Å²) in [5.74, 6) is 0.0197. The quantitative estimate of drug-likeness (QED) is 0.542. The van der Waals surface area contributed by atoms with E-state index in [0.29, 0.717) is 11.3 Å². The lowest BCUT2D eigenvalue weighted by atomic mass is 10.1. The number of rotatable bonds is 3. The van der Waals surface area contributed by atoms with E-state index in [4.69, 9.17) is 19.2 Å². The van der Waals surface area contributed by atoms with Crippen LogP contribution in [0.5, 0.6) is 0 Å². The van der Waals surface area contributed by atoms with Gasteiger partial charge in [0.15, 0.2) is 12.1 Å². The molecule has 0 fully saturated rings. The molecule has 2 N–H and O–H groups in total. The van der Waals surface area contributed by atoms with Gasteiger partial charge in [0.05, 0.1) is 0 Å². The Balaban J connectivity index is 1.74. The number of halogens is 1. The summed E-state index contributed by atoms with van der Waals surface area (Å²) in [4.78, 5) is 4.26. The van der Waals surface area contributed by atoms with E-state index >= 15 is 0 Å². The Morgan fingerprint density at radius 2 is 1.81 bits per heavy atom. The van der Waals surface area contributed by atoms with Crippen LogP contribution in [0.4, 0.5) is 4.39 Å². The lowest BCUT2D eigenvalue weighted by molar-refractivity contribution is -0.0449. The SMILES string of the molecule is Cc1ccc(C)c2oc(-c3nc(-c4ccc(C(O)O)c(F)c4)no3)cc12. The Labute approximate surface area is 147 Å². The maximum Gasteiger partial charge on any atom is 0.293 e. The molecule has 26 heavy (non-hydrogen) atoms. The lowest BCUT2D eigenvalue weighted by Gasteiger charge is -2.05. The maximum absolute atomic E-state index is 13.9. The molecule has 0 amide bonds. The summed E-state index contributed by atoms with van der Waals surface area (Å²) in [6.07, 6.45) is -1.88. The minimum atomic E-state index is -1.88. The van der Waals surface area contributed by atoms with Crippen LogP contribution in [-0.4, -0.2) is 20.4 Å². The van der Waals surface area contributed by atoms with Crippen LogP contribution in [0.1, 0.15) is 23.0 Å². The number of furan rings is 1. The zero-order valence-corrected chi connectivity index (χ0v) is 14.0. The molecule has 0 bridgehead atoms. The van der Waals surface area contributed by atoms with Crippen LogP contribution in [0.25, 0.3) is 34.0 Å². The molecule has 2 aromatic carbocycles. The average molecular weight is 354 g/mol. The summed E-state index contributed by atoms with van der Waals surface area (Å²) in [7, 11) is 0. The Morgan fingerprint density at radius 1 is 1.04 bits per heavy atom. The molecule has 0 atom stereocenters. The molecule has 0 aliphatic carbocycles. The first-order valence-corrected chi connectivity index (χ1v) is 7.94. The van der Waals surface area contributed by atoms with Crippen LogP contribution in [0, 0.1) is 19.7 Å². The van der Waals surface area contributed by atoms with E-state index in [9.17, 15) is 4.39 Å². The molecule has 4 rings (SSSR count). The van der Waals surface area contributed by atoms with Gasteiger partial charge in [-0.25, -0.2) is 4.39 Å². The van der Waals surface area contributed by atoms with Gasteiger partial charge < -0.3 is 19.2 Å². The highest BCUT2D eigenvalue weighted by Crippen LogP contribution is 2.32. The summed E-state index contributed by atoms with van der Waals surface area (Å²) in [6.45, 7) is 3.94. The second-order valence-corrected chi connectivity index (χ2v) is 6.09. The van der Waals surface area contributed by atoms with Crippen molar-refractivity contribution in [2.24, 2.45) is 0 Å². The number of fused-ring (bicyclic) bond motifs is 1. The van der Waals surface area contributed by atoms with Gasteiger partial charge in [-0.15, -0.1) is 0 Å². The van der Waals surface area contributed by atoms with Crippen LogP contribution in [0.15, 0.2) is 45.3 Å². The first-order chi connectivity index (χ1) is 12.4. The predicted molar refractivity (Wildman–Crippen MR) is 91.6 cm³/mol. The van der Waals surface area contributed by atoms with Crippen molar-refractivity contribution in [3.8, 4) is 23.0 Å². The third-order valence-corrected chi connectivity index (χ3v) is 4.27. The molecule has 0 radical (unpaired) electrons. The molecule has 0 unspecified atom stereocenters. The number of nitrogens with zero attached hydrogens (tertiary/aromatic N) is 2. The van der Waals surface area contributed by atoms with E-state index in [0.717, 1.165) is 28.2 Å². The number of aliphatic hydroxyl groups excluding tert-OH is 1. The van der Waals surface area contributed by atoms with Gasteiger partial charge in [0.1, 0.15) is 11.4 Å². The Hall–Kier alpha value is -3.03. The third kappa shape index (κ3) is 2.67. The zero-order valence-electron chi connectivity index (χ0n) is 14.0. The average Bonchev–Trinajstić information content (AvgIpc) is 3.25. The lowest BCUT2D eigenvalue weighted by Crippen LogP contribution is -1.99. The standard InChI is InChI=1S/C19H15FN2O4/c1-9-3-4-10(2)16-13(9)8-15(25-16)18-21-17(22-26-18)11-5-6-12(19(23)24)14(20)7-11/h3-8,19,23-24H,1-2H3. The summed E-state index contributed by atoms with van der Waals surface area (Å²) in [5.41, 5.74) is 2.95. The number of hydrogen-bond acceptors (Lipinski definition) is 6. The van der Waals surface area contributed by atoms with Gasteiger partial charge >= 0.3 is 0 Å². The topological polar surface area (TPSA) is 92.5 Å². The van der Waals surface area contributed by atoms with Crippen LogP contribution < -0.4 is 0 Å². The molecule has 0 spiro atoms. The third-order valence-electron chi connectivity index (χ3n) is 4.27. The molecule has 0 aliphatic rings. The van der Waals surface area contributed by atoms with E-state index in [1.54, 1.807) is 0 Å². The number of aliphatic hydroxyl groups is 2. The molecule has 4 aromatic rings. The molecule has 132 valence electrons. The fourth-order valence-electron chi connectivity index (χ4n) is 2.81. The predicted octanol–water partition coefficient (Wildman–Crippen LogP) is 3.89. The molecular weight excluding hydrogens is 339 g/mol. The molecular formula is C19H15FN2O4. The number of aromatic nitrogens is 2. The highest BCUT2D eigenvalue weighted by molar-refractivity contribution is 5.87. The molecule has 0 saturated carbocycles. The van der Waals surface area contributed by atoms with Crippen molar-refractivity contribution < 1.29 is 23.5 Å². The van der Waals surface area contributed by atoms with Gasteiger partial charge in [0, 0.05) is 16.5 Å². The highest BCUT2D eigenvalue weighted by Gasteiger charge is 2.18. The van der Waals surface area contributed by atoms with Gasteiger partial charge in [0.2, 0.25) is 5.82 Å². The van der Waals surface area contributed by atoms with Crippen molar-refractivity contribution >= 4 is 11.0 Å². The van der Waals surface area contributed by atoms with Crippen molar-refractivity contribution in [3.05, 3.63) is 58.9 Å². The summed E-state index contributed by atoms with van der Waals surface area (Å²) >= 11 is 0. The highest BCUT2D eigenvalue weighted by atomic mass is 19.1. The van der Waals surface area contributed by atoms with Crippen LogP contribution >= 0.6 is 0 Å². The van der Waals surface area contributed by atoms with Crippen LogP contribution in [0.2, 0.25) is 0 Å². The van der Waals surface area contributed by atoms with Crippen molar-refractivity contribution in [1.82, 2.24) is 10.1 Å². The van der Waals surface area contributed by atoms with E-state index < -0.39 is 12.1 Å². The summed E-state index contributed by atoms with van der Waals surface area (Å²) < 4.78 is 25.0. The Kier molecular flexibility index (Phi) is 3.82. The molecule has 7 heteroatoms. The minimum Gasteiger partial charge on any atom is -0.451 e. The smallest absolute Gasteiger partial charge is 0.293 e. The van der Waals surface area contributed by atoms with E-state index in [1.807, 2.05) is 32.0 Å². The van der Waals surface area contributed by atoms with Crippen molar-refractivity contribution in [2.75, 3.05) is 0 Å². The number of aryl methyl sites for hydroxylation is 2. The van der Waals surface area contributed by atoms with Gasteiger partial charge in [-0.2, -0.15) is 4.98 Å². The largest absolute Gasteiger partial charge is 0.451 e. The monoisotopic (exact) mass is 354 g/mol. The summed E-state index contributed by atoms with van der Waals surface area (Å²) in [6, 6.07) is 9.69. The number of hydrogen-bond donors (Lipinski definition) is 2. The Bertz CT molecular complexity index is 1080. The zero-order chi connectivity index (χ0) is 18.4. The molecule has 0 saturated heterocycles. The molecule has 0 aliphatic heterocycles. The maximum atomic E-state index is 13.9. The van der Waals surface area contributed by atoms with Gasteiger partial charge in [-0.1, -0.05) is 29.4 Å². The Morgan fingerprint density at radius 3 is 2.50 bits per heavy atom. The van der Waals surface area contributed by atoms with Gasteiger partial charge in [-0.05, 0) is 37.1 Å². The van der Waals surface area contributed by atoms with Crippen molar-refractivity contribution in [2.45, 2.75) is 20.1 Å². The second kappa shape index (κ2) is 6.05. The number of benzene rings is 2. The van der Waals surface area contributed by atoms with E-state index in [1.165, 1.54) is 12.1 Å². The minimum absolute atomic E-state index is 0.173. The molecule has 6 nitrogen and oxygen atoms in total. The second-order valence-electron chi connectivity index (χ2n) is 6.09. The van der Waals surface area contributed by atoms with Gasteiger partial charge in [-0.3, -0.25) is 0 Å². The van der Waals surface area contributed by atoms with E-state index in [2.05, 4.69) is 10.1 Å². The normalized spacial score (nSPS) is 11.6. The molecule has 2 aromatic heterocycles. The molecule has 2 heterocycles. The van der Waals surface area contributed by atoms with Crippen molar-refractivity contribution in [1.29, 1.82) is 0 Å². The van der Waals surface area contributed by atoms with Gasteiger partial charge in [0.25, 0.3) is 5.89 Å². The van der Waals surface area contributed by atoms with Crippen molar-refractivity contribution in [3.63, 3.8) is 0 Å². The fraction of sp³-hybridized carbons (Fsp3) is 0.158.